The van der Waals surface area contributed by atoms with Crippen LogP contribution in [0.1, 0.15) is 0 Å². The molecule has 5 aromatic rings. The standard InChI is InChI=1S/C17H10N4O/c22-10-5-6-11-12(9-10)16-20-13-3-1-2-4-14(13)21(16)17-15(11)18-7-8-19-17/h1-9,22H. The van der Waals surface area contributed by atoms with E-state index in [-0.39, 0.29) is 5.75 Å². The van der Waals surface area contributed by atoms with E-state index in [1.165, 1.54) is 0 Å². The van der Waals surface area contributed by atoms with Crippen molar-refractivity contribution in [1.82, 2.24) is 19.4 Å². The van der Waals surface area contributed by atoms with Crippen LogP contribution in [0.5, 0.6) is 5.75 Å². The Hall–Kier alpha value is -3.21. The molecule has 3 heterocycles. The summed E-state index contributed by atoms with van der Waals surface area (Å²) in [6.07, 6.45) is 3.36. The van der Waals surface area contributed by atoms with E-state index in [2.05, 4.69) is 9.97 Å². The van der Waals surface area contributed by atoms with Gasteiger partial charge in [0.05, 0.1) is 11.0 Å². The van der Waals surface area contributed by atoms with Crippen LogP contribution >= 0.6 is 0 Å². The third-order valence-corrected chi connectivity index (χ3v) is 3.95. The highest BCUT2D eigenvalue weighted by Crippen LogP contribution is 2.31. The average Bonchev–Trinajstić information content (AvgIpc) is 2.95. The zero-order valence-electron chi connectivity index (χ0n) is 11.4. The maximum Gasteiger partial charge on any atom is 0.165 e. The van der Waals surface area contributed by atoms with Gasteiger partial charge in [-0.15, -0.1) is 0 Å². The molecule has 5 heteroatoms. The number of hydrogen-bond acceptors (Lipinski definition) is 4. The van der Waals surface area contributed by atoms with Crippen molar-refractivity contribution in [3.05, 3.63) is 54.9 Å². The fourth-order valence-electron chi connectivity index (χ4n) is 3.03. The van der Waals surface area contributed by atoms with Gasteiger partial charge in [0, 0.05) is 23.2 Å². The fraction of sp³-hybridized carbons (Fsp3) is 0. The summed E-state index contributed by atoms with van der Waals surface area (Å²) in [5.41, 5.74) is 4.22. The number of phenols is 1. The van der Waals surface area contributed by atoms with Crippen LogP contribution in [0.25, 0.3) is 38.6 Å². The average molecular weight is 286 g/mol. The van der Waals surface area contributed by atoms with Crippen molar-refractivity contribution in [3.8, 4) is 5.75 Å². The molecular weight excluding hydrogens is 276 g/mol. The van der Waals surface area contributed by atoms with Crippen molar-refractivity contribution in [1.29, 1.82) is 0 Å². The van der Waals surface area contributed by atoms with Crippen LogP contribution in [0.2, 0.25) is 0 Å². The van der Waals surface area contributed by atoms with Gasteiger partial charge in [0.15, 0.2) is 5.65 Å². The number of phenolic OH excluding ortho intramolecular Hbond substituents is 1. The summed E-state index contributed by atoms with van der Waals surface area (Å²) < 4.78 is 2.00. The predicted octanol–water partition coefficient (Wildman–Crippen LogP) is 3.29. The molecule has 5 nitrogen and oxygen atoms in total. The fourth-order valence-corrected chi connectivity index (χ4v) is 3.03. The second-order valence-electron chi connectivity index (χ2n) is 5.22. The maximum atomic E-state index is 9.86. The number of rotatable bonds is 0. The van der Waals surface area contributed by atoms with Crippen LogP contribution in [-0.4, -0.2) is 24.5 Å². The van der Waals surface area contributed by atoms with Gasteiger partial charge in [-0.2, -0.15) is 0 Å². The summed E-state index contributed by atoms with van der Waals surface area (Å²) in [5.74, 6) is 0.213. The van der Waals surface area contributed by atoms with E-state index in [1.54, 1.807) is 24.5 Å². The number of hydrogen-bond donors (Lipinski definition) is 1. The third kappa shape index (κ3) is 1.34. The largest absolute Gasteiger partial charge is 0.508 e. The first-order valence-electron chi connectivity index (χ1n) is 6.95. The van der Waals surface area contributed by atoms with Gasteiger partial charge in [-0.3, -0.25) is 9.38 Å². The number of fused-ring (bicyclic) bond motifs is 8. The first-order chi connectivity index (χ1) is 10.8. The quantitative estimate of drug-likeness (QED) is 0.444. The second-order valence-corrected chi connectivity index (χ2v) is 5.22. The van der Waals surface area contributed by atoms with Gasteiger partial charge >= 0.3 is 0 Å². The Morgan fingerprint density at radius 2 is 1.73 bits per heavy atom. The first-order valence-corrected chi connectivity index (χ1v) is 6.95. The number of para-hydroxylation sites is 2. The van der Waals surface area contributed by atoms with Crippen LogP contribution in [0.3, 0.4) is 0 Å². The van der Waals surface area contributed by atoms with Gasteiger partial charge in [-0.25, -0.2) is 9.97 Å². The number of aromatic nitrogens is 4. The summed E-state index contributed by atoms with van der Waals surface area (Å²) >= 11 is 0. The van der Waals surface area contributed by atoms with Gasteiger partial charge < -0.3 is 5.11 Å². The van der Waals surface area contributed by atoms with Crippen molar-refractivity contribution in [2.45, 2.75) is 0 Å². The van der Waals surface area contributed by atoms with E-state index >= 15 is 0 Å². The lowest BCUT2D eigenvalue weighted by Gasteiger charge is -2.07. The van der Waals surface area contributed by atoms with Crippen LogP contribution in [-0.2, 0) is 0 Å². The predicted molar refractivity (Wildman–Crippen MR) is 85.0 cm³/mol. The molecule has 0 fully saturated rings. The normalized spacial score (nSPS) is 11.8. The summed E-state index contributed by atoms with van der Waals surface area (Å²) in [5, 5.41) is 11.7. The van der Waals surface area contributed by atoms with Gasteiger partial charge in [-0.1, -0.05) is 12.1 Å². The lowest BCUT2D eigenvalue weighted by molar-refractivity contribution is 0.476. The molecule has 0 unspecified atom stereocenters. The third-order valence-electron chi connectivity index (χ3n) is 3.95. The Morgan fingerprint density at radius 1 is 0.864 bits per heavy atom. The van der Waals surface area contributed by atoms with E-state index in [4.69, 9.17) is 4.98 Å². The highest BCUT2D eigenvalue weighted by molar-refractivity contribution is 6.11. The van der Waals surface area contributed by atoms with Gasteiger partial charge in [0.25, 0.3) is 0 Å². The highest BCUT2D eigenvalue weighted by Gasteiger charge is 2.14. The molecule has 5 rings (SSSR count). The van der Waals surface area contributed by atoms with E-state index in [9.17, 15) is 5.11 Å². The smallest absolute Gasteiger partial charge is 0.165 e. The number of aromatic hydroxyl groups is 1. The number of imidazole rings is 1. The lowest BCUT2D eigenvalue weighted by Crippen LogP contribution is -1.95. The van der Waals surface area contributed by atoms with E-state index in [1.807, 2.05) is 34.7 Å². The molecule has 104 valence electrons. The zero-order chi connectivity index (χ0) is 14.7. The molecule has 22 heavy (non-hydrogen) atoms. The Labute approximate surface area is 124 Å². The molecule has 0 bridgehead atoms. The molecule has 0 aliphatic heterocycles. The van der Waals surface area contributed by atoms with Crippen LogP contribution in [0.15, 0.2) is 54.9 Å². The highest BCUT2D eigenvalue weighted by atomic mass is 16.3. The van der Waals surface area contributed by atoms with E-state index in [0.29, 0.717) is 0 Å². The van der Waals surface area contributed by atoms with E-state index < -0.39 is 0 Å². The molecule has 3 aromatic heterocycles. The molecule has 1 N–H and O–H groups in total. The molecule has 0 aliphatic carbocycles. The van der Waals surface area contributed by atoms with E-state index in [0.717, 1.165) is 38.6 Å². The van der Waals surface area contributed by atoms with Crippen molar-refractivity contribution in [2.24, 2.45) is 0 Å². The SMILES string of the molecule is Oc1ccc2c(c1)c1nc3ccccc3n1c1nccnc21. The minimum Gasteiger partial charge on any atom is -0.508 e. The van der Waals surface area contributed by atoms with Crippen LogP contribution in [0, 0.1) is 0 Å². The number of nitrogens with zero attached hydrogens (tertiary/aromatic N) is 4. The monoisotopic (exact) mass is 286 g/mol. The van der Waals surface area contributed by atoms with Crippen molar-refractivity contribution in [2.75, 3.05) is 0 Å². The van der Waals surface area contributed by atoms with Crippen molar-refractivity contribution in [3.63, 3.8) is 0 Å². The molecule has 0 saturated heterocycles. The maximum absolute atomic E-state index is 9.86. The van der Waals surface area contributed by atoms with Gasteiger partial charge in [-0.05, 0) is 30.3 Å². The molecule has 0 atom stereocenters. The molecular formula is C17H10N4O. The Kier molecular flexibility index (Phi) is 2.04. The summed E-state index contributed by atoms with van der Waals surface area (Å²) in [6, 6.07) is 13.2. The molecule has 2 aromatic carbocycles. The second kappa shape index (κ2) is 3.92. The first kappa shape index (κ1) is 11.4. The van der Waals surface area contributed by atoms with Crippen LogP contribution < -0.4 is 0 Å². The summed E-state index contributed by atoms with van der Waals surface area (Å²) in [7, 11) is 0. The molecule has 0 amide bonds. The number of pyridine rings is 1. The van der Waals surface area contributed by atoms with Crippen molar-refractivity contribution < 1.29 is 5.11 Å². The summed E-state index contributed by atoms with van der Waals surface area (Å²) in [6.45, 7) is 0. The van der Waals surface area contributed by atoms with Gasteiger partial charge in [0.2, 0.25) is 0 Å². The van der Waals surface area contributed by atoms with Crippen molar-refractivity contribution >= 4 is 38.6 Å². The molecule has 0 spiro atoms. The Bertz CT molecular complexity index is 1190. The summed E-state index contributed by atoms with van der Waals surface area (Å²) in [4.78, 5) is 13.7. The number of benzene rings is 2. The Balaban J connectivity index is 2.23. The zero-order valence-corrected chi connectivity index (χ0v) is 11.4. The van der Waals surface area contributed by atoms with Crippen LogP contribution in [0.4, 0.5) is 0 Å². The minimum atomic E-state index is 0.213. The molecule has 0 radical (unpaired) electrons. The topological polar surface area (TPSA) is 63.3 Å². The Morgan fingerprint density at radius 3 is 2.68 bits per heavy atom. The molecule has 0 aliphatic rings. The minimum absolute atomic E-state index is 0.213. The van der Waals surface area contributed by atoms with Gasteiger partial charge in [0.1, 0.15) is 16.9 Å². The molecule has 0 saturated carbocycles. The lowest BCUT2D eigenvalue weighted by atomic mass is 10.1.